The zero-order valence-corrected chi connectivity index (χ0v) is 14.0. The molecule has 2 aromatic carbocycles. The van der Waals surface area contributed by atoms with Crippen LogP contribution in [0.1, 0.15) is 38.9 Å². The molecule has 0 bridgehead atoms. The Bertz CT molecular complexity index is 775. The van der Waals surface area contributed by atoms with Gasteiger partial charge in [0.25, 0.3) is 0 Å². The number of fused-ring (bicyclic) bond motifs is 2. The highest BCUT2D eigenvalue weighted by Gasteiger charge is 2.22. The van der Waals surface area contributed by atoms with Crippen molar-refractivity contribution in [3.63, 3.8) is 0 Å². The monoisotopic (exact) mass is 312 g/mol. The molecule has 0 radical (unpaired) electrons. The highest BCUT2D eigenvalue weighted by atomic mass is 35.5. The van der Waals surface area contributed by atoms with E-state index >= 15 is 0 Å². The fourth-order valence-electron chi connectivity index (χ4n) is 3.18. The Hall–Kier alpha value is -1.93. The molecule has 0 heterocycles. The predicted molar refractivity (Wildman–Crippen MR) is 95.4 cm³/mol. The molecule has 0 fully saturated rings. The predicted octanol–water partition coefficient (Wildman–Crippen LogP) is 4.57. The van der Waals surface area contributed by atoms with Gasteiger partial charge >= 0.3 is 0 Å². The quantitative estimate of drug-likeness (QED) is 0.716. The van der Waals surface area contributed by atoms with Gasteiger partial charge in [0.2, 0.25) is 0 Å². The Labute approximate surface area is 138 Å². The Morgan fingerprint density at radius 3 is 2.32 bits per heavy atom. The summed E-state index contributed by atoms with van der Waals surface area (Å²) in [4.78, 5) is 0. The van der Waals surface area contributed by atoms with Crippen LogP contribution in [0.3, 0.4) is 0 Å². The molecule has 3 rings (SSSR count). The topological polar surface area (TPSA) is 47.7 Å². The highest BCUT2D eigenvalue weighted by Crippen LogP contribution is 2.28. The summed E-state index contributed by atoms with van der Waals surface area (Å²) in [6.07, 6.45) is 1.29. The van der Waals surface area contributed by atoms with Gasteiger partial charge < -0.3 is 5.41 Å². The zero-order valence-electron chi connectivity index (χ0n) is 13.2. The highest BCUT2D eigenvalue weighted by molar-refractivity contribution is 6.15. The van der Waals surface area contributed by atoms with E-state index in [1.807, 2.05) is 12.1 Å². The standard InChI is InChI=1S/C19H20N2.ClH/c1-11-7-8-14-9-15(20)10-17-12(2)5-4-6-16(17)19(21)18(14)13(11)3;/h4-8,20-21H,9-10H2,1-3H3;1H. The van der Waals surface area contributed by atoms with E-state index in [0.717, 1.165) is 28.0 Å². The van der Waals surface area contributed by atoms with Gasteiger partial charge in [-0.25, -0.2) is 0 Å². The maximum atomic E-state index is 8.72. The molecule has 3 heteroatoms. The van der Waals surface area contributed by atoms with Crippen LogP contribution in [-0.2, 0) is 12.8 Å². The van der Waals surface area contributed by atoms with Gasteiger partial charge in [0.05, 0.1) is 5.71 Å². The summed E-state index contributed by atoms with van der Waals surface area (Å²) in [5.41, 5.74) is 9.13. The Morgan fingerprint density at radius 2 is 1.59 bits per heavy atom. The summed E-state index contributed by atoms with van der Waals surface area (Å²) in [5, 5.41) is 17.0. The van der Waals surface area contributed by atoms with Crippen molar-refractivity contribution in [2.75, 3.05) is 0 Å². The van der Waals surface area contributed by atoms with Crippen molar-refractivity contribution in [1.82, 2.24) is 0 Å². The third-order valence-corrected chi connectivity index (χ3v) is 4.55. The molecule has 2 N–H and O–H groups in total. The Morgan fingerprint density at radius 1 is 0.864 bits per heavy atom. The molecular formula is C19H21ClN2. The van der Waals surface area contributed by atoms with E-state index in [1.54, 1.807) is 0 Å². The lowest BCUT2D eigenvalue weighted by Crippen LogP contribution is -2.20. The normalized spacial score (nSPS) is 13.6. The molecule has 0 unspecified atom stereocenters. The van der Waals surface area contributed by atoms with E-state index in [1.165, 1.54) is 16.7 Å². The van der Waals surface area contributed by atoms with Crippen molar-refractivity contribution >= 4 is 23.8 Å². The minimum atomic E-state index is 0. The fourth-order valence-corrected chi connectivity index (χ4v) is 3.18. The van der Waals surface area contributed by atoms with Crippen molar-refractivity contribution in [1.29, 1.82) is 10.8 Å². The lowest BCUT2D eigenvalue weighted by atomic mass is 9.82. The molecule has 1 aliphatic rings. The number of halogens is 1. The number of benzene rings is 2. The maximum absolute atomic E-state index is 8.72. The van der Waals surface area contributed by atoms with Crippen LogP contribution < -0.4 is 0 Å². The SMILES string of the molecule is Cc1ccc2c(c1C)C(=N)c1cccc(C)c1CC(=N)C2.Cl. The first kappa shape index (κ1) is 16.4. The lowest BCUT2D eigenvalue weighted by Gasteiger charge is -2.22. The molecule has 0 atom stereocenters. The molecule has 0 aromatic heterocycles. The van der Waals surface area contributed by atoms with Gasteiger partial charge in [-0.2, -0.15) is 0 Å². The van der Waals surface area contributed by atoms with Crippen molar-refractivity contribution in [3.8, 4) is 0 Å². The molecule has 0 spiro atoms. The molecule has 22 heavy (non-hydrogen) atoms. The first-order valence-corrected chi connectivity index (χ1v) is 7.32. The van der Waals surface area contributed by atoms with Crippen molar-refractivity contribution in [3.05, 3.63) is 69.3 Å². The van der Waals surface area contributed by atoms with Crippen LogP contribution in [0.15, 0.2) is 30.3 Å². The van der Waals surface area contributed by atoms with Gasteiger partial charge in [-0.1, -0.05) is 30.3 Å². The molecule has 0 saturated carbocycles. The number of hydrogen-bond acceptors (Lipinski definition) is 2. The van der Waals surface area contributed by atoms with Crippen LogP contribution in [0.4, 0.5) is 0 Å². The zero-order chi connectivity index (χ0) is 15.1. The molecule has 0 amide bonds. The number of hydrogen-bond donors (Lipinski definition) is 2. The summed E-state index contributed by atoms with van der Waals surface area (Å²) < 4.78 is 0. The van der Waals surface area contributed by atoms with Crippen LogP contribution in [0.5, 0.6) is 0 Å². The van der Waals surface area contributed by atoms with E-state index in [0.29, 0.717) is 18.6 Å². The Balaban J connectivity index is 0.00000176. The molecule has 1 aliphatic carbocycles. The number of rotatable bonds is 0. The molecule has 114 valence electrons. The molecule has 2 nitrogen and oxygen atoms in total. The first-order chi connectivity index (χ1) is 9.99. The third-order valence-electron chi connectivity index (χ3n) is 4.55. The van der Waals surface area contributed by atoms with Gasteiger partial charge in [-0.15, -0.1) is 12.4 Å². The van der Waals surface area contributed by atoms with Gasteiger partial charge in [0.15, 0.2) is 0 Å². The largest absolute Gasteiger partial charge is 0.309 e. The second kappa shape index (κ2) is 6.05. The first-order valence-electron chi connectivity index (χ1n) is 7.32. The van der Waals surface area contributed by atoms with Crippen LogP contribution in [-0.4, -0.2) is 11.4 Å². The minimum absolute atomic E-state index is 0. The van der Waals surface area contributed by atoms with Crippen LogP contribution in [0.25, 0.3) is 0 Å². The summed E-state index contributed by atoms with van der Waals surface area (Å²) in [5.74, 6) is 0. The number of nitrogens with one attached hydrogen (secondary N) is 2. The summed E-state index contributed by atoms with van der Waals surface area (Å²) >= 11 is 0. The van der Waals surface area contributed by atoms with Crippen LogP contribution in [0.2, 0.25) is 0 Å². The third kappa shape index (κ3) is 2.59. The van der Waals surface area contributed by atoms with E-state index in [9.17, 15) is 0 Å². The summed E-state index contributed by atoms with van der Waals surface area (Å²) in [6.45, 7) is 6.25. The molecule has 0 aliphatic heterocycles. The van der Waals surface area contributed by atoms with Crippen LogP contribution >= 0.6 is 12.4 Å². The van der Waals surface area contributed by atoms with E-state index in [4.69, 9.17) is 10.8 Å². The number of aryl methyl sites for hydroxylation is 2. The Kier molecular flexibility index (Phi) is 4.52. The molecular weight excluding hydrogens is 292 g/mol. The average Bonchev–Trinajstić information content (AvgIpc) is 2.43. The lowest BCUT2D eigenvalue weighted by molar-refractivity contribution is 1.12. The van der Waals surface area contributed by atoms with E-state index in [-0.39, 0.29) is 12.4 Å². The van der Waals surface area contributed by atoms with E-state index < -0.39 is 0 Å². The van der Waals surface area contributed by atoms with Gasteiger partial charge in [0, 0.05) is 29.7 Å². The molecule has 0 saturated heterocycles. The van der Waals surface area contributed by atoms with Crippen LogP contribution in [0, 0.1) is 31.6 Å². The smallest absolute Gasteiger partial charge is 0.0693 e. The van der Waals surface area contributed by atoms with Gasteiger partial charge in [-0.3, -0.25) is 5.41 Å². The maximum Gasteiger partial charge on any atom is 0.0693 e. The fraction of sp³-hybridized carbons (Fsp3) is 0.263. The summed E-state index contributed by atoms with van der Waals surface area (Å²) in [7, 11) is 0. The second-order valence-corrected chi connectivity index (χ2v) is 5.97. The van der Waals surface area contributed by atoms with Gasteiger partial charge in [0.1, 0.15) is 0 Å². The second-order valence-electron chi connectivity index (χ2n) is 5.97. The molecule has 2 aromatic rings. The summed E-state index contributed by atoms with van der Waals surface area (Å²) in [6, 6.07) is 10.3. The van der Waals surface area contributed by atoms with E-state index in [2.05, 4.69) is 39.0 Å². The van der Waals surface area contributed by atoms with Crippen molar-refractivity contribution in [2.24, 2.45) is 0 Å². The average molecular weight is 313 g/mol. The van der Waals surface area contributed by atoms with Crippen molar-refractivity contribution < 1.29 is 0 Å². The van der Waals surface area contributed by atoms with Crippen molar-refractivity contribution in [2.45, 2.75) is 33.6 Å². The minimum Gasteiger partial charge on any atom is -0.309 e. The van der Waals surface area contributed by atoms with Gasteiger partial charge in [-0.05, 0) is 48.6 Å².